The van der Waals surface area contributed by atoms with Crippen LogP contribution in [0, 0.1) is 6.92 Å². The number of nitrogens with two attached hydrogens (primary N) is 1. The number of aromatic nitrogens is 1. The third kappa shape index (κ3) is 3.03. The molecule has 1 amide bonds. The van der Waals surface area contributed by atoms with E-state index in [1.54, 1.807) is 6.20 Å². The second-order valence-electron chi connectivity index (χ2n) is 4.94. The first-order chi connectivity index (χ1) is 8.09. The molecule has 92 valence electrons. The zero-order valence-electron chi connectivity index (χ0n) is 10.2. The summed E-state index contributed by atoms with van der Waals surface area (Å²) in [7, 11) is 0. The number of carbonyl (C=O) groups is 1. The van der Waals surface area contributed by atoms with Crippen molar-refractivity contribution in [2.45, 2.75) is 38.1 Å². The standard InChI is InChI=1S/C13H19N3O/c1-10-4-2-7-15-11(10)8-12(17)16-9-13(14)5-3-6-13/h2,4,7H,3,5-6,8-9,14H2,1H3,(H,16,17). The summed E-state index contributed by atoms with van der Waals surface area (Å²) in [5.41, 5.74) is 7.77. The van der Waals surface area contributed by atoms with Crippen molar-refractivity contribution in [3.8, 4) is 0 Å². The van der Waals surface area contributed by atoms with Crippen LogP contribution in [0.5, 0.6) is 0 Å². The van der Waals surface area contributed by atoms with Crippen LogP contribution in [0.15, 0.2) is 18.3 Å². The Morgan fingerprint density at radius 2 is 2.35 bits per heavy atom. The molecule has 1 aromatic heterocycles. The van der Waals surface area contributed by atoms with Crippen molar-refractivity contribution in [1.29, 1.82) is 0 Å². The maximum absolute atomic E-state index is 11.7. The largest absolute Gasteiger partial charge is 0.354 e. The average molecular weight is 233 g/mol. The molecule has 1 aliphatic rings. The highest BCUT2D eigenvalue weighted by Gasteiger charge is 2.32. The van der Waals surface area contributed by atoms with Crippen molar-refractivity contribution in [3.63, 3.8) is 0 Å². The minimum Gasteiger partial charge on any atom is -0.354 e. The van der Waals surface area contributed by atoms with Gasteiger partial charge in [-0.15, -0.1) is 0 Å². The van der Waals surface area contributed by atoms with Crippen molar-refractivity contribution in [2.24, 2.45) is 5.73 Å². The third-order valence-corrected chi connectivity index (χ3v) is 3.43. The molecule has 0 radical (unpaired) electrons. The lowest BCUT2D eigenvalue weighted by Gasteiger charge is -2.38. The van der Waals surface area contributed by atoms with E-state index in [4.69, 9.17) is 5.73 Å². The van der Waals surface area contributed by atoms with Crippen LogP contribution in [0.3, 0.4) is 0 Å². The number of pyridine rings is 1. The number of amides is 1. The molecule has 0 unspecified atom stereocenters. The molecule has 0 atom stereocenters. The number of aryl methyl sites for hydroxylation is 1. The van der Waals surface area contributed by atoms with E-state index in [1.165, 1.54) is 6.42 Å². The Labute approximate surface area is 102 Å². The lowest BCUT2D eigenvalue weighted by atomic mass is 9.78. The Morgan fingerprint density at radius 3 is 2.94 bits per heavy atom. The molecular formula is C13H19N3O. The molecule has 1 saturated carbocycles. The molecule has 1 aliphatic carbocycles. The second-order valence-corrected chi connectivity index (χ2v) is 4.94. The summed E-state index contributed by atoms with van der Waals surface area (Å²) < 4.78 is 0. The van der Waals surface area contributed by atoms with Gasteiger partial charge in [0.15, 0.2) is 0 Å². The van der Waals surface area contributed by atoms with Gasteiger partial charge < -0.3 is 11.1 Å². The van der Waals surface area contributed by atoms with Crippen molar-refractivity contribution in [2.75, 3.05) is 6.54 Å². The summed E-state index contributed by atoms with van der Waals surface area (Å²) in [6, 6.07) is 3.84. The topological polar surface area (TPSA) is 68.0 Å². The predicted molar refractivity (Wildman–Crippen MR) is 66.5 cm³/mol. The Bertz CT molecular complexity index is 413. The van der Waals surface area contributed by atoms with Crippen LogP contribution in [-0.2, 0) is 11.2 Å². The van der Waals surface area contributed by atoms with Crippen LogP contribution in [0.2, 0.25) is 0 Å². The van der Waals surface area contributed by atoms with Gasteiger partial charge in [0, 0.05) is 18.3 Å². The molecular weight excluding hydrogens is 214 g/mol. The lowest BCUT2D eigenvalue weighted by Crippen LogP contribution is -2.55. The summed E-state index contributed by atoms with van der Waals surface area (Å²) in [5.74, 6) is 0.00326. The van der Waals surface area contributed by atoms with E-state index >= 15 is 0 Å². The SMILES string of the molecule is Cc1cccnc1CC(=O)NCC1(N)CCC1. The van der Waals surface area contributed by atoms with Crippen molar-refractivity contribution < 1.29 is 4.79 Å². The van der Waals surface area contributed by atoms with E-state index in [0.717, 1.165) is 24.1 Å². The quantitative estimate of drug-likeness (QED) is 0.813. The molecule has 4 nitrogen and oxygen atoms in total. The highest BCUT2D eigenvalue weighted by atomic mass is 16.1. The Hall–Kier alpha value is -1.42. The third-order valence-electron chi connectivity index (χ3n) is 3.43. The van der Waals surface area contributed by atoms with E-state index in [2.05, 4.69) is 10.3 Å². The van der Waals surface area contributed by atoms with Crippen LogP contribution >= 0.6 is 0 Å². The number of hydrogen-bond donors (Lipinski definition) is 2. The molecule has 1 fully saturated rings. The van der Waals surface area contributed by atoms with E-state index in [1.807, 2.05) is 19.1 Å². The first kappa shape index (κ1) is 12.0. The van der Waals surface area contributed by atoms with E-state index < -0.39 is 0 Å². The molecule has 1 aromatic rings. The van der Waals surface area contributed by atoms with Gasteiger partial charge >= 0.3 is 0 Å². The number of nitrogens with zero attached hydrogens (tertiary/aromatic N) is 1. The minimum absolute atomic E-state index is 0.00326. The molecule has 0 aliphatic heterocycles. The van der Waals surface area contributed by atoms with Crippen molar-refractivity contribution >= 4 is 5.91 Å². The molecule has 0 saturated heterocycles. The van der Waals surface area contributed by atoms with Crippen molar-refractivity contribution in [3.05, 3.63) is 29.6 Å². The summed E-state index contributed by atoms with van der Waals surface area (Å²) in [5, 5.41) is 2.90. The van der Waals surface area contributed by atoms with E-state index in [0.29, 0.717) is 13.0 Å². The second kappa shape index (κ2) is 4.84. The van der Waals surface area contributed by atoms with Gasteiger partial charge in [0.05, 0.1) is 12.1 Å². The van der Waals surface area contributed by atoms with E-state index in [-0.39, 0.29) is 11.4 Å². The molecule has 0 bridgehead atoms. The van der Waals surface area contributed by atoms with Gasteiger partial charge in [-0.25, -0.2) is 0 Å². The first-order valence-corrected chi connectivity index (χ1v) is 6.05. The average Bonchev–Trinajstić information content (AvgIpc) is 2.27. The molecule has 0 spiro atoms. The number of rotatable bonds is 4. The smallest absolute Gasteiger partial charge is 0.226 e. The van der Waals surface area contributed by atoms with Gasteiger partial charge in [-0.3, -0.25) is 9.78 Å². The van der Waals surface area contributed by atoms with Gasteiger partial charge in [-0.2, -0.15) is 0 Å². The molecule has 0 aromatic carbocycles. The monoisotopic (exact) mass is 233 g/mol. The predicted octanol–water partition coefficient (Wildman–Crippen LogP) is 0.930. The molecule has 1 heterocycles. The highest BCUT2D eigenvalue weighted by Crippen LogP contribution is 2.27. The molecule has 3 N–H and O–H groups in total. The summed E-state index contributed by atoms with van der Waals surface area (Å²) in [4.78, 5) is 15.9. The van der Waals surface area contributed by atoms with Crippen LogP contribution < -0.4 is 11.1 Å². The van der Waals surface area contributed by atoms with Gasteiger partial charge in [0.1, 0.15) is 0 Å². The summed E-state index contributed by atoms with van der Waals surface area (Å²) >= 11 is 0. The molecule has 4 heteroatoms. The van der Waals surface area contributed by atoms with Crippen LogP contribution in [0.25, 0.3) is 0 Å². The zero-order valence-corrected chi connectivity index (χ0v) is 10.2. The fraction of sp³-hybridized carbons (Fsp3) is 0.538. The summed E-state index contributed by atoms with van der Waals surface area (Å²) in [6.07, 6.45) is 5.24. The number of carbonyl (C=O) groups excluding carboxylic acids is 1. The minimum atomic E-state index is -0.158. The Morgan fingerprint density at radius 1 is 1.59 bits per heavy atom. The van der Waals surface area contributed by atoms with Gasteiger partial charge in [-0.05, 0) is 37.8 Å². The fourth-order valence-electron chi connectivity index (χ4n) is 2.00. The van der Waals surface area contributed by atoms with E-state index in [9.17, 15) is 4.79 Å². The molecule has 2 rings (SSSR count). The number of nitrogens with one attached hydrogen (secondary N) is 1. The fourth-order valence-corrected chi connectivity index (χ4v) is 2.00. The summed E-state index contributed by atoms with van der Waals surface area (Å²) in [6.45, 7) is 2.55. The maximum atomic E-state index is 11.7. The lowest BCUT2D eigenvalue weighted by molar-refractivity contribution is -0.120. The molecule has 17 heavy (non-hydrogen) atoms. The van der Waals surface area contributed by atoms with Crippen LogP contribution in [0.1, 0.15) is 30.5 Å². The van der Waals surface area contributed by atoms with Crippen LogP contribution in [0.4, 0.5) is 0 Å². The normalized spacial score (nSPS) is 17.3. The van der Waals surface area contributed by atoms with Gasteiger partial charge in [-0.1, -0.05) is 6.07 Å². The number of hydrogen-bond acceptors (Lipinski definition) is 3. The first-order valence-electron chi connectivity index (χ1n) is 6.05. The zero-order chi connectivity index (χ0) is 12.3. The Balaban J connectivity index is 1.83. The maximum Gasteiger partial charge on any atom is 0.226 e. The van der Waals surface area contributed by atoms with Crippen LogP contribution in [-0.4, -0.2) is 23.0 Å². The van der Waals surface area contributed by atoms with Crippen molar-refractivity contribution in [1.82, 2.24) is 10.3 Å². The van der Waals surface area contributed by atoms with Gasteiger partial charge in [0.25, 0.3) is 0 Å². The highest BCUT2D eigenvalue weighted by molar-refractivity contribution is 5.78. The Kier molecular flexibility index (Phi) is 3.43. The van der Waals surface area contributed by atoms with Gasteiger partial charge in [0.2, 0.25) is 5.91 Å².